The van der Waals surface area contributed by atoms with Crippen LogP contribution in [0.25, 0.3) is 0 Å². The molecule has 1 amide bonds. The SMILES string of the molecule is CC(C)(C)OC(=O)N1CC2(CCCC2)CC[C@H]1CN. The monoisotopic (exact) mass is 268 g/mol. The Morgan fingerprint density at radius 3 is 2.47 bits per heavy atom. The lowest BCUT2D eigenvalue weighted by Gasteiger charge is -2.45. The van der Waals surface area contributed by atoms with E-state index in [9.17, 15) is 4.79 Å². The van der Waals surface area contributed by atoms with Crippen LogP contribution in [0.4, 0.5) is 4.79 Å². The van der Waals surface area contributed by atoms with Crippen LogP contribution in [0.3, 0.4) is 0 Å². The summed E-state index contributed by atoms with van der Waals surface area (Å²) in [6.45, 7) is 7.12. The van der Waals surface area contributed by atoms with Gasteiger partial charge in [0.25, 0.3) is 0 Å². The maximum atomic E-state index is 12.4. The van der Waals surface area contributed by atoms with E-state index in [4.69, 9.17) is 10.5 Å². The molecule has 0 aromatic rings. The minimum absolute atomic E-state index is 0.154. The van der Waals surface area contributed by atoms with Gasteiger partial charge in [0.15, 0.2) is 0 Å². The Kier molecular flexibility index (Phi) is 4.09. The number of rotatable bonds is 1. The van der Waals surface area contributed by atoms with Crippen molar-refractivity contribution in [2.24, 2.45) is 11.1 Å². The molecule has 19 heavy (non-hydrogen) atoms. The molecule has 2 rings (SSSR count). The molecule has 0 aromatic carbocycles. The fourth-order valence-corrected chi connectivity index (χ4v) is 3.51. The van der Waals surface area contributed by atoms with E-state index in [1.165, 1.54) is 32.1 Å². The Morgan fingerprint density at radius 1 is 1.32 bits per heavy atom. The molecule has 2 fully saturated rings. The van der Waals surface area contributed by atoms with E-state index in [-0.39, 0.29) is 12.1 Å². The van der Waals surface area contributed by atoms with Gasteiger partial charge in [-0.3, -0.25) is 0 Å². The molecule has 1 saturated carbocycles. The van der Waals surface area contributed by atoms with E-state index in [1.807, 2.05) is 25.7 Å². The summed E-state index contributed by atoms with van der Waals surface area (Å²) in [6, 6.07) is 0.154. The van der Waals surface area contributed by atoms with E-state index in [0.29, 0.717) is 12.0 Å². The highest BCUT2D eigenvalue weighted by Crippen LogP contribution is 2.46. The largest absolute Gasteiger partial charge is 0.444 e. The van der Waals surface area contributed by atoms with E-state index in [0.717, 1.165) is 13.0 Å². The maximum absolute atomic E-state index is 12.4. The minimum atomic E-state index is -0.434. The predicted molar refractivity (Wildman–Crippen MR) is 75.9 cm³/mol. The van der Waals surface area contributed by atoms with Crippen LogP contribution in [0.5, 0.6) is 0 Å². The van der Waals surface area contributed by atoms with Gasteiger partial charge in [0.2, 0.25) is 0 Å². The highest BCUT2D eigenvalue weighted by Gasteiger charge is 2.43. The van der Waals surface area contributed by atoms with Crippen LogP contribution in [0.15, 0.2) is 0 Å². The fraction of sp³-hybridized carbons (Fsp3) is 0.933. The number of ether oxygens (including phenoxy) is 1. The summed E-state index contributed by atoms with van der Waals surface area (Å²) < 4.78 is 5.54. The van der Waals surface area contributed by atoms with Crippen LogP contribution in [0, 0.1) is 5.41 Å². The quantitative estimate of drug-likeness (QED) is 0.795. The van der Waals surface area contributed by atoms with Crippen molar-refractivity contribution in [2.45, 2.75) is 70.9 Å². The second-order valence-corrected chi connectivity index (χ2v) is 7.24. The van der Waals surface area contributed by atoms with Crippen molar-refractivity contribution >= 4 is 6.09 Å². The first-order valence-electron chi connectivity index (χ1n) is 7.55. The van der Waals surface area contributed by atoms with Crippen molar-refractivity contribution in [3.8, 4) is 0 Å². The number of nitrogens with zero attached hydrogens (tertiary/aromatic N) is 1. The third-order valence-electron chi connectivity index (χ3n) is 4.52. The van der Waals surface area contributed by atoms with E-state index >= 15 is 0 Å². The molecule has 0 bridgehead atoms. The van der Waals surface area contributed by atoms with Crippen LogP contribution in [0.2, 0.25) is 0 Å². The number of carbonyl (C=O) groups is 1. The fourth-order valence-electron chi connectivity index (χ4n) is 3.51. The average Bonchev–Trinajstić information content (AvgIpc) is 2.75. The van der Waals surface area contributed by atoms with Crippen molar-refractivity contribution < 1.29 is 9.53 Å². The molecule has 1 saturated heterocycles. The number of nitrogens with two attached hydrogens (primary N) is 1. The van der Waals surface area contributed by atoms with Crippen molar-refractivity contribution in [3.63, 3.8) is 0 Å². The summed E-state index contributed by atoms with van der Waals surface area (Å²) in [6.07, 6.45) is 7.16. The summed E-state index contributed by atoms with van der Waals surface area (Å²) in [7, 11) is 0. The number of piperidine rings is 1. The van der Waals surface area contributed by atoms with Gasteiger partial charge >= 0.3 is 6.09 Å². The molecule has 1 aliphatic heterocycles. The van der Waals surface area contributed by atoms with Crippen LogP contribution in [0.1, 0.15) is 59.3 Å². The Hall–Kier alpha value is -0.770. The van der Waals surface area contributed by atoms with Gasteiger partial charge in [0.1, 0.15) is 5.60 Å². The third kappa shape index (κ3) is 3.41. The lowest BCUT2D eigenvalue weighted by Crippen LogP contribution is -2.54. The molecule has 1 aliphatic carbocycles. The van der Waals surface area contributed by atoms with Crippen molar-refractivity contribution in [3.05, 3.63) is 0 Å². The maximum Gasteiger partial charge on any atom is 0.410 e. The summed E-state index contributed by atoms with van der Waals surface area (Å²) in [5, 5.41) is 0. The van der Waals surface area contributed by atoms with Gasteiger partial charge in [-0.25, -0.2) is 4.79 Å². The van der Waals surface area contributed by atoms with Gasteiger partial charge in [0.05, 0.1) is 0 Å². The summed E-state index contributed by atoms with van der Waals surface area (Å²) in [5.74, 6) is 0. The third-order valence-corrected chi connectivity index (χ3v) is 4.52. The lowest BCUT2D eigenvalue weighted by molar-refractivity contribution is -0.0110. The first kappa shape index (κ1) is 14.6. The molecule has 4 heteroatoms. The highest BCUT2D eigenvalue weighted by atomic mass is 16.6. The van der Waals surface area contributed by atoms with Gasteiger partial charge in [-0.15, -0.1) is 0 Å². The Morgan fingerprint density at radius 2 is 1.95 bits per heavy atom. The Labute approximate surface area is 116 Å². The van der Waals surface area contributed by atoms with Gasteiger partial charge in [-0.2, -0.15) is 0 Å². The van der Waals surface area contributed by atoms with Gasteiger partial charge in [-0.1, -0.05) is 12.8 Å². The first-order valence-corrected chi connectivity index (χ1v) is 7.55. The average molecular weight is 268 g/mol. The normalized spacial score (nSPS) is 26.7. The summed E-state index contributed by atoms with van der Waals surface area (Å²) >= 11 is 0. The summed E-state index contributed by atoms with van der Waals surface area (Å²) in [5.41, 5.74) is 5.75. The first-order chi connectivity index (χ1) is 8.85. The van der Waals surface area contributed by atoms with Crippen LogP contribution >= 0.6 is 0 Å². The van der Waals surface area contributed by atoms with Crippen molar-refractivity contribution in [1.29, 1.82) is 0 Å². The number of amides is 1. The Bertz CT molecular complexity index is 330. The molecule has 1 heterocycles. The number of likely N-dealkylation sites (tertiary alicyclic amines) is 1. The molecule has 4 nitrogen and oxygen atoms in total. The smallest absolute Gasteiger partial charge is 0.410 e. The molecule has 110 valence electrons. The number of hydrogen-bond donors (Lipinski definition) is 1. The zero-order valence-electron chi connectivity index (χ0n) is 12.6. The summed E-state index contributed by atoms with van der Waals surface area (Å²) in [4.78, 5) is 14.3. The molecular weight excluding hydrogens is 240 g/mol. The van der Waals surface area contributed by atoms with Crippen molar-refractivity contribution in [2.75, 3.05) is 13.1 Å². The van der Waals surface area contributed by atoms with Crippen LogP contribution < -0.4 is 5.73 Å². The second-order valence-electron chi connectivity index (χ2n) is 7.24. The van der Waals surface area contributed by atoms with Gasteiger partial charge < -0.3 is 15.4 Å². The van der Waals surface area contributed by atoms with Crippen LogP contribution in [-0.2, 0) is 4.74 Å². The van der Waals surface area contributed by atoms with Gasteiger partial charge in [-0.05, 0) is 51.9 Å². The number of hydrogen-bond acceptors (Lipinski definition) is 3. The zero-order valence-corrected chi connectivity index (χ0v) is 12.6. The molecule has 0 radical (unpaired) electrons. The van der Waals surface area contributed by atoms with Crippen LogP contribution in [-0.4, -0.2) is 35.7 Å². The van der Waals surface area contributed by atoms with E-state index in [1.54, 1.807) is 0 Å². The topological polar surface area (TPSA) is 55.6 Å². The highest BCUT2D eigenvalue weighted by molar-refractivity contribution is 5.69. The Balaban J connectivity index is 2.07. The lowest BCUT2D eigenvalue weighted by atomic mass is 9.76. The minimum Gasteiger partial charge on any atom is -0.444 e. The van der Waals surface area contributed by atoms with Gasteiger partial charge in [0, 0.05) is 19.1 Å². The van der Waals surface area contributed by atoms with E-state index < -0.39 is 5.60 Å². The van der Waals surface area contributed by atoms with E-state index in [2.05, 4.69) is 0 Å². The standard InChI is InChI=1S/C15H28N2O2/c1-14(2,3)19-13(18)17-11-15(7-4-5-8-15)9-6-12(17)10-16/h12H,4-11,16H2,1-3H3/t12-/m0/s1. The molecule has 1 spiro atoms. The molecular formula is C15H28N2O2. The zero-order chi connectivity index (χ0) is 14.1. The number of carbonyl (C=O) groups excluding carboxylic acids is 1. The molecule has 1 atom stereocenters. The van der Waals surface area contributed by atoms with Crippen molar-refractivity contribution in [1.82, 2.24) is 4.90 Å². The second kappa shape index (κ2) is 5.31. The predicted octanol–water partition coefficient (Wildman–Crippen LogP) is 2.91. The molecule has 0 unspecified atom stereocenters. The molecule has 0 aromatic heterocycles. The molecule has 2 N–H and O–H groups in total. The molecule has 2 aliphatic rings.